The molecule has 1 fully saturated rings. The summed E-state index contributed by atoms with van der Waals surface area (Å²) in [5.74, 6) is 0.588. The number of pyridine rings is 1. The lowest BCUT2D eigenvalue weighted by molar-refractivity contribution is 0.0789. The molecule has 1 atom stereocenters. The summed E-state index contributed by atoms with van der Waals surface area (Å²) in [7, 11) is 1.96. The second-order valence-corrected chi connectivity index (χ2v) is 7.80. The zero-order chi connectivity index (χ0) is 19.7. The molecule has 1 aliphatic heterocycles. The highest BCUT2D eigenvalue weighted by molar-refractivity contribution is 6.06. The summed E-state index contributed by atoms with van der Waals surface area (Å²) < 4.78 is 1.90. The molecule has 8 heteroatoms. The van der Waals surface area contributed by atoms with Gasteiger partial charge in [-0.25, -0.2) is 9.67 Å². The summed E-state index contributed by atoms with van der Waals surface area (Å²) in [6, 6.07) is 12.1. The van der Waals surface area contributed by atoms with E-state index in [-0.39, 0.29) is 36.8 Å². The van der Waals surface area contributed by atoms with Gasteiger partial charge in [-0.15, -0.1) is 24.8 Å². The topological polar surface area (TPSA) is 63.1 Å². The molecule has 4 rings (SSSR count). The van der Waals surface area contributed by atoms with Gasteiger partial charge in [-0.3, -0.25) is 4.79 Å². The number of hydrogen-bond acceptors (Lipinski definition) is 4. The van der Waals surface area contributed by atoms with E-state index in [1.54, 1.807) is 6.20 Å². The SMILES string of the molecule is CNCC1CCN(C(=O)c2cc(-c3ccccc3)nc3c2cnn3C(C)C)C1.Cl.Cl. The van der Waals surface area contributed by atoms with Crippen molar-refractivity contribution in [1.29, 1.82) is 0 Å². The molecule has 1 aliphatic rings. The second-order valence-electron chi connectivity index (χ2n) is 7.80. The van der Waals surface area contributed by atoms with Gasteiger partial charge in [-0.1, -0.05) is 30.3 Å². The fourth-order valence-corrected chi connectivity index (χ4v) is 3.97. The molecule has 0 spiro atoms. The van der Waals surface area contributed by atoms with Crippen LogP contribution in [0.25, 0.3) is 22.3 Å². The first-order valence-corrected chi connectivity index (χ1v) is 9.96. The first-order valence-electron chi connectivity index (χ1n) is 9.96. The molecule has 1 unspecified atom stereocenters. The normalized spacial score (nSPS) is 15.9. The predicted molar refractivity (Wildman–Crippen MR) is 126 cm³/mol. The standard InChI is InChI=1S/C22H27N5O.2ClH/c1-15(2)27-21-19(13-24-27)18(11-20(25-21)17-7-5-4-6-8-17)22(28)26-10-9-16(14-26)12-23-3;;/h4-8,11,13,15-16,23H,9-10,12,14H2,1-3H3;2*1H. The number of amides is 1. The Labute approximate surface area is 189 Å². The molecule has 6 nitrogen and oxygen atoms in total. The number of benzene rings is 1. The van der Waals surface area contributed by atoms with Crippen LogP contribution in [0.1, 0.15) is 36.7 Å². The molecule has 0 radical (unpaired) electrons. The fourth-order valence-electron chi connectivity index (χ4n) is 3.97. The van der Waals surface area contributed by atoms with Gasteiger partial charge in [0.2, 0.25) is 0 Å². The number of hydrogen-bond donors (Lipinski definition) is 1. The number of carbonyl (C=O) groups is 1. The number of halogens is 2. The van der Waals surface area contributed by atoms with Crippen molar-refractivity contribution in [3.63, 3.8) is 0 Å². The number of nitrogens with one attached hydrogen (secondary N) is 1. The maximum atomic E-state index is 13.4. The van der Waals surface area contributed by atoms with E-state index in [1.807, 2.05) is 53.0 Å². The Morgan fingerprint density at radius 3 is 2.63 bits per heavy atom. The summed E-state index contributed by atoms with van der Waals surface area (Å²) in [5, 5.41) is 8.57. The number of carbonyl (C=O) groups excluding carboxylic acids is 1. The Bertz CT molecular complexity index is 990. The van der Waals surface area contributed by atoms with Gasteiger partial charge in [-0.2, -0.15) is 5.10 Å². The van der Waals surface area contributed by atoms with E-state index in [0.29, 0.717) is 11.5 Å². The quantitative estimate of drug-likeness (QED) is 0.633. The minimum Gasteiger partial charge on any atom is -0.338 e. The Morgan fingerprint density at radius 2 is 1.97 bits per heavy atom. The van der Waals surface area contributed by atoms with Gasteiger partial charge < -0.3 is 10.2 Å². The second kappa shape index (κ2) is 10.2. The van der Waals surface area contributed by atoms with Crippen molar-refractivity contribution in [2.45, 2.75) is 26.3 Å². The number of nitrogens with zero attached hydrogens (tertiary/aromatic N) is 4. The van der Waals surface area contributed by atoms with Crippen LogP contribution < -0.4 is 5.32 Å². The van der Waals surface area contributed by atoms with Crippen LogP contribution >= 0.6 is 24.8 Å². The molecule has 162 valence electrons. The third kappa shape index (κ3) is 4.61. The molecule has 1 N–H and O–H groups in total. The Balaban J connectivity index is 0.00000160. The summed E-state index contributed by atoms with van der Waals surface area (Å²) in [6.45, 7) is 6.69. The molecule has 3 aromatic rings. The van der Waals surface area contributed by atoms with Crippen LogP contribution in [0.4, 0.5) is 0 Å². The monoisotopic (exact) mass is 449 g/mol. The summed E-state index contributed by atoms with van der Waals surface area (Å²) in [5.41, 5.74) is 3.28. The largest absolute Gasteiger partial charge is 0.338 e. The van der Waals surface area contributed by atoms with Crippen molar-refractivity contribution in [3.8, 4) is 11.3 Å². The minimum absolute atomic E-state index is 0. The van der Waals surface area contributed by atoms with Crippen LogP contribution in [0.2, 0.25) is 0 Å². The maximum Gasteiger partial charge on any atom is 0.254 e. The highest BCUT2D eigenvalue weighted by Gasteiger charge is 2.28. The first kappa shape index (κ1) is 24.1. The summed E-state index contributed by atoms with van der Waals surface area (Å²) >= 11 is 0. The minimum atomic E-state index is 0. The van der Waals surface area contributed by atoms with Gasteiger partial charge in [0.1, 0.15) is 0 Å². The highest BCUT2D eigenvalue weighted by Crippen LogP contribution is 2.28. The van der Waals surface area contributed by atoms with Gasteiger partial charge in [-0.05, 0) is 45.8 Å². The van der Waals surface area contributed by atoms with E-state index in [1.165, 1.54) is 0 Å². The van der Waals surface area contributed by atoms with Crippen LogP contribution in [0.3, 0.4) is 0 Å². The molecular formula is C22H29Cl2N5O. The third-order valence-electron chi connectivity index (χ3n) is 5.42. The van der Waals surface area contributed by atoms with Crippen LogP contribution in [-0.2, 0) is 0 Å². The molecule has 0 saturated carbocycles. The van der Waals surface area contributed by atoms with Gasteiger partial charge in [0, 0.05) is 24.7 Å². The lowest BCUT2D eigenvalue weighted by Crippen LogP contribution is -2.30. The molecule has 0 aliphatic carbocycles. The van der Waals surface area contributed by atoms with Crippen molar-refractivity contribution in [1.82, 2.24) is 25.0 Å². The Morgan fingerprint density at radius 1 is 1.23 bits per heavy atom. The average Bonchev–Trinajstić information content (AvgIpc) is 3.34. The van der Waals surface area contributed by atoms with Gasteiger partial charge >= 0.3 is 0 Å². The highest BCUT2D eigenvalue weighted by atomic mass is 35.5. The van der Waals surface area contributed by atoms with Crippen molar-refractivity contribution in [3.05, 3.63) is 48.2 Å². The number of likely N-dealkylation sites (tertiary alicyclic amines) is 1. The molecule has 1 aromatic carbocycles. The molecule has 30 heavy (non-hydrogen) atoms. The molecule has 1 amide bonds. The van der Waals surface area contributed by atoms with Crippen LogP contribution in [0.5, 0.6) is 0 Å². The van der Waals surface area contributed by atoms with Crippen molar-refractivity contribution >= 4 is 41.8 Å². The molecule has 3 heterocycles. The first-order chi connectivity index (χ1) is 13.6. The van der Waals surface area contributed by atoms with Crippen molar-refractivity contribution < 1.29 is 4.79 Å². The zero-order valence-corrected chi connectivity index (χ0v) is 19.2. The van der Waals surface area contributed by atoms with Crippen LogP contribution in [0.15, 0.2) is 42.6 Å². The van der Waals surface area contributed by atoms with Crippen molar-refractivity contribution in [2.75, 3.05) is 26.7 Å². The average molecular weight is 450 g/mol. The lowest BCUT2D eigenvalue weighted by atomic mass is 10.1. The zero-order valence-electron chi connectivity index (χ0n) is 17.5. The number of aromatic nitrogens is 3. The van der Waals surface area contributed by atoms with Crippen LogP contribution in [0, 0.1) is 5.92 Å². The van der Waals surface area contributed by atoms with E-state index in [2.05, 4.69) is 24.3 Å². The van der Waals surface area contributed by atoms with E-state index in [0.717, 1.165) is 48.3 Å². The molecular weight excluding hydrogens is 421 g/mol. The Hall–Kier alpha value is -2.15. The van der Waals surface area contributed by atoms with Gasteiger partial charge in [0.15, 0.2) is 5.65 Å². The smallest absolute Gasteiger partial charge is 0.254 e. The van der Waals surface area contributed by atoms with Crippen LogP contribution in [-0.4, -0.2) is 52.3 Å². The van der Waals surface area contributed by atoms with E-state index >= 15 is 0 Å². The van der Waals surface area contributed by atoms with Gasteiger partial charge in [0.25, 0.3) is 5.91 Å². The predicted octanol–water partition coefficient (Wildman–Crippen LogP) is 4.20. The summed E-state index contributed by atoms with van der Waals surface area (Å²) in [4.78, 5) is 20.2. The maximum absolute atomic E-state index is 13.4. The summed E-state index contributed by atoms with van der Waals surface area (Å²) in [6.07, 6.45) is 2.82. The van der Waals surface area contributed by atoms with Crippen molar-refractivity contribution in [2.24, 2.45) is 5.92 Å². The molecule has 2 aromatic heterocycles. The Kier molecular flexibility index (Phi) is 8.24. The third-order valence-corrected chi connectivity index (χ3v) is 5.42. The lowest BCUT2D eigenvalue weighted by Gasteiger charge is -2.18. The molecule has 0 bridgehead atoms. The molecule has 1 saturated heterocycles. The van der Waals surface area contributed by atoms with E-state index in [4.69, 9.17) is 4.98 Å². The number of fused-ring (bicyclic) bond motifs is 1. The fraction of sp³-hybridized carbons (Fsp3) is 0.409. The van der Waals surface area contributed by atoms with E-state index in [9.17, 15) is 4.79 Å². The van der Waals surface area contributed by atoms with Gasteiger partial charge in [0.05, 0.1) is 22.8 Å². The number of rotatable bonds is 5. The van der Waals surface area contributed by atoms with E-state index < -0.39 is 0 Å².